The summed E-state index contributed by atoms with van der Waals surface area (Å²) in [6.45, 7) is 11.7. The number of carbonyl (C=O) groups excluding carboxylic acids is 1. The van der Waals surface area contributed by atoms with Crippen LogP contribution >= 0.6 is 11.3 Å². The van der Waals surface area contributed by atoms with Crippen molar-refractivity contribution in [3.8, 4) is 17.3 Å². The summed E-state index contributed by atoms with van der Waals surface area (Å²) in [7, 11) is 3.77. The molecule has 0 bridgehead atoms. The van der Waals surface area contributed by atoms with Crippen LogP contribution in [0.2, 0.25) is 0 Å². The minimum Gasteiger partial charge on any atom is -0.391 e. The number of aliphatic hydroxyl groups is 1. The van der Waals surface area contributed by atoms with Crippen LogP contribution in [0.3, 0.4) is 0 Å². The SMILES string of the molecule is C=C/N=C(/N1CCN(C(=O)N2CC[C@H](O)C2)CC1)N(C)N/C(CC)=C(\NCC)N(C)c1nc(-c2ccc(F)cc2)c(C#N)s1. The quantitative estimate of drug-likeness (QED) is 0.219. The third kappa shape index (κ3) is 7.40. The Bertz CT molecular complexity index is 1410. The van der Waals surface area contributed by atoms with Gasteiger partial charge in [-0.05, 0) is 44.0 Å². The summed E-state index contributed by atoms with van der Waals surface area (Å²) in [5, 5.41) is 25.5. The van der Waals surface area contributed by atoms with Crippen LogP contribution in [0.1, 0.15) is 31.6 Å². The van der Waals surface area contributed by atoms with Crippen LogP contribution in [0.15, 0.2) is 53.6 Å². The number of likely N-dealkylation sites (tertiary alicyclic amines) is 1. The lowest BCUT2D eigenvalue weighted by atomic mass is 10.1. The molecule has 2 aromatic rings. The highest BCUT2D eigenvalue weighted by atomic mass is 32.1. The van der Waals surface area contributed by atoms with Gasteiger partial charge in [-0.3, -0.25) is 10.4 Å². The number of nitrogens with zero attached hydrogens (tertiary/aromatic N) is 8. The van der Waals surface area contributed by atoms with Crippen molar-refractivity contribution in [3.63, 3.8) is 0 Å². The molecule has 1 aromatic carbocycles. The molecule has 14 heteroatoms. The van der Waals surface area contributed by atoms with Gasteiger partial charge in [-0.1, -0.05) is 24.8 Å². The molecule has 0 radical (unpaired) electrons. The minimum absolute atomic E-state index is 0.0336. The molecule has 0 unspecified atom stereocenters. The number of benzene rings is 1. The molecule has 2 amide bonds. The molecular formula is C30H41FN10O2S. The number of hydrazine groups is 1. The Kier molecular flexibility index (Phi) is 11.0. The van der Waals surface area contributed by atoms with Gasteiger partial charge in [-0.2, -0.15) is 5.26 Å². The lowest BCUT2D eigenvalue weighted by Gasteiger charge is -2.40. The predicted octanol–water partition coefficient (Wildman–Crippen LogP) is 3.19. The highest BCUT2D eigenvalue weighted by Gasteiger charge is 2.31. The molecular weight excluding hydrogens is 583 g/mol. The zero-order valence-electron chi connectivity index (χ0n) is 25.8. The lowest BCUT2D eigenvalue weighted by molar-refractivity contribution is 0.126. The number of nitriles is 1. The summed E-state index contributed by atoms with van der Waals surface area (Å²) in [5.74, 6) is 1.09. The number of hydrogen-bond acceptors (Lipinski definition) is 9. The molecule has 2 aliphatic rings. The van der Waals surface area contributed by atoms with Crippen molar-refractivity contribution >= 4 is 28.5 Å². The molecule has 3 heterocycles. The van der Waals surface area contributed by atoms with Crippen LogP contribution < -0.4 is 15.6 Å². The highest BCUT2D eigenvalue weighted by molar-refractivity contribution is 7.16. The molecule has 0 saturated carbocycles. The van der Waals surface area contributed by atoms with Gasteiger partial charge in [0.15, 0.2) is 5.13 Å². The summed E-state index contributed by atoms with van der Waals surface area (Å²) in [4.78, 5) is 30.2. The smallest absolute Gasteiger partial charge is 0.320 e. The zero-order valence-corrected chi connectivity index (χ0v) is 26.6. The van der Waals surface area contributed by atoms with Crippen LogP contribution in [0.5, 0.6) is 0 Å². The fourth-order valence-electron chi connectivity index (χ4n) is 5.25. The van der Waals surface area contributed by atoms with Crippen molar-refractivity contribution in [1.82, 2.24) is 35.4 Å². The van der Waals surface area contributed by atoms with Gasteiger partial charge in [-0.15, -0.1) is 0 Å². The topological polar surface area (TPSA) is 127 Å². The van der Waals surface area contributed by atoms with E-state index >= 15 is 0 Å². The van der Waals surface area contributed by atoms with Gasteiger partial charge in [0.05, 0.1) is 11.8 Å². The number of aliphatic imine (C=N–C) groups is 1. The minimum atomic E-state index is -0.445. The first kappa shape index (κ1) is 32.6. The molecule has 1 aromatic heterocycles. The van der Waals surface area contributed by atoms with Gasteiger partial charge in [0.2, 0.25) is 5.96 Å². The predicted molar refractivity (Wildman–Crippen MR) is 171 cm³/mol. The standard InChI is InChI=1S/C30H41FN10O2S/c1-6-24(27(33-7-2)37(4)29-35-26(25(19-32)44-29)21-9-11-22(31)12-10-21)36-38(5)28(34-8-3)39-15-17-40(18-16-39)30(43)41-14-13-23(42)20-41/h8-12,23,33,36,42H,3,6-7,13-18,20H2,1-2,4-5H3/b27-24+,34-28+/t23-/m0/s1. The number of amides is 2. The number of urea groups is 1. The van der Waals surface area contributed by atoms with E-state index in [1.54, 1.807) is 17.0 Å². The summed E-state index contributed by atoms with van der Waals surface area (Å²) in [6, 6.07) is 8.16. The van der Waals surface area contributed by atoms with Crippen LogP contribution in [0, 0.1) is 17.1 Å². The van der Waals surface area contributed by atoms with E-state index in [0.717, 1.165) is 11.5 Å². The van der Waals surface area contributed by atoms with E-state index in [2.05, 4.69) is 33.3 Å². The normalized spacial score (nSPS) is 17.6. The van der Waals surface area contributed by atoms with Crippen LogP contribution in [-0.2, 0) is 0 Å². The molecule has 3 N–H and O–H groups in total. The van der Waals surface area contributed by atoms with E-state index in [-0.39, 0.29) is 11.8 Å². The second-order valence-corrected chi connectivity index (χ2v) is 11.5. The second kappa shape index (κ2) is 14.9. The zero-order chi connectivity index (χ0) is 31.8. The Morgan fingerprint density at radius 2 is 1.89 bits per heavy atom. The van der Waals surface area contributed by atoms with Crippen molar-refractivity contribution < 1.29 is 14.3 Å². The third-order valence-electron chi connectivity index (χ3n) is 7.52. The summed E-state index contributed by atoms with van der Waals surface area (Å²) in [6.07, 6.45) is 2.31. The van der Waals surface area contributed by atoms with E-state index in [1.165, 1.54) is 29.7 Å². The van der Waals surface area contributed by atoms with Gasteiger partial charge in [-0.25, -0.2) is 19.2 Å². The Morgan fingerprint density at radius 3 is 2.45 bits per heavy atom. The fraction of sp³-hybridized carbons (Fsp3) is 0.467. The lowest BCUT2D eigenvalue weighted by Crippen LogP contribution is -2.57. The monoisotopic (exact) mass is 624 g/mol. The Balaban J connectivity index is 1.51. The van der Waals surface area contributed by atoms with Gasteiger partial charge in [0, 0.05) is 71.7 Å². The molecule has 0 spiro atoms. The highest BCUT2D eigenvalue weighted by Crippen LogP contribution is 2.33. The number of aromatic nitrogens is 1. The number of piperazine rings is 1. The summed E-state index contributed by atoms with van der Waals surface area (Å²) in [5.41, 5.74) is 5.54. The number of allylic oxidation sites excluding steroid dienone is 1. The summed E-state index contributed by atoms with van der Waals surface area (Å²) >= 11 is 1.27. The Labute approximate surface area is 262 Å². The maximum Gasteiger partial charge on any atom is 0.320 e. The number of carbonyl (C=O) groups is 1. The van der Waals surface area contributed by atoms with Crippen molar-refractivity contribution in [3.05, 3.63) is 59.3 Å². The number of nitrogens with one attached hydrogen (secondary N) is 2. The summed E-state index contributed by atoms with van der Waals surface area (Å²) < 4.78 is 13.5. The van der Waals surface area contributed by atoms with Crippen molar-refractivity contribution in [2.45, 2.75) is 32.8 Å². The molecule has 0 aliphatic carbocycles. The van der Waals surface area contributed by atoms with Gasteiger partial charge in [0.1, 0.15) is 28.3 Å². The van der Waals surface area contributed by atoms with Crippen molar-refractivity contribution in [2.75, 3.05) is 64.8 Å². The number of thiazole rings is 1. The maximum atomic E-state index is 13.5. The molecule has 12 nitrogen and oxygen atoms in total. The van der Waals surface area contributed by atoms with E-state index in [4.69, 9.17) is 4.98 Å². The molecule has 1 atom stereocenters. The Morgan fingerprint density at radius 1 is 1.20 bits per heavy atom. The first-order chi connectivity index (χ1) is 21.2. The van der Waals surface area contributed by atoms with Crippen LogP contribution in [0.25, 0.3) is 11.3 Å². The largest absolute Gasteiger partial charge is 0.391 e. The number of hydrogen-bond donors (Lipinski definition) is 3. The number of anilines is 1. The number of halogens is 1. The third-order valence-corrected chi connectivity index (χ3v) is 8.55. The number of rotatable bonds is 9. The molecule has 2 fully saturated rings. The van der Waals surface area contributed by atoms with Crippen LogP contribution in [0.4, 0.5) is 14.3 Å². The number of β-amino-alcohol motifs (C(OH)–C–C–N with tert-alkyl or cyclic N) is 1. The molecule has 236 valence electrons. The van der Waals surface area contributed by atoms with E-state index in [1.807, 2.05) is 42.8 Å². The van der Waals surface area contributed by atoms with Crippen molar-refractivity contribution in [1.29, 1.82) is 5.26 Å². The molecule has 2 saturated heterocycles. The van der Waals surface area contributed by atoms with Gasteiger partial charge < -0.3 is 30.0 Å². The Hall–Kier alpha value is -4.35. The fourth-order valence-corrected chi connectivity index (χ4v) is 6.10. The van der Waals surface area contributed by atoms with Crippen molar-refractivity contribution in [2.24, 2.45) is 4.99 Å². The number of aliphatic hydroxyl groups excluding tert-OH is 1. The first-order valence-electron chi connectivity index (χ1n) is 14.7. The number of guanidine groups is 1. The van der Waals surface area contributed by atoms with E-state index < -0.39 is 6.10 Å². The average Bonchev–Trinajstić information content (AvgIpc) is 3.68. The van der Waals surface area contributed by atoms with Gasteiger partial charge in [0.25, 0.3) is 0 Å². The molecule has 4 rings (SSSR count). The maximum absolute atomic E-state index is 13.5. The first-order valence-corrected chi connectivity index (χ1v) is 15.6. The van der Waals surface area contributed by atoms with E-state index in [0.29, 0.717) is 85.9 Å². The molecule has 2 aliphatic heterocycles. The van der Waals surface area contributed by atoms with Gasteiger partial charge >= 0.3 is 6.03 Å². The average molecular weight is 625 g/mol. The molecule has 44 heavy (non-hydrogen) atoms. The second-order valence-electron chi connectivity index (χ2n) is 10.5. The van der Waals surface area contributed by atoms with Crippen LogP contribution in [-0.4, -0.2) is 108 Å². The van der Waals surface area contributed by atoms with E-state index in [9.17, 15) is 19.6 Å².